The molecule has 0 fully saturated rings. The molecule has 3 nitrogen and oxygen atoms in total. The molecule has 1 aromatic carbocycles. The minimum Gasteiger partial charge on any atom is -0.507 e. The first-order chi connectivity index (χ1) is 9.34. The van der Waals surface area contributed by atoms with Crippen LogP contribution in [-0.4, -0.2) is 15.1 Å². The van der Waals surface area contributed by atoms with Crippen LogP contribution in [0, 0.1) is 0 Å². The smallest absolute Gasteiger partial charge is 0.125 e. The summed E-state index contributed by atoms with van der Waals surface area (Å²) < 4.78 is 0. The second-order valence-corrected chi connectivity index (χ2v) is 4.16. The maximum atomic E-state index is 9.97. The number of pyridine rings is 2. The van der Waals surface area contributed by atoms with Crippen LogP contribution in [0.5, 0.6) is 5.75 Å². The minimum atomic E-state index is 0.221. The van der Waals surface area contributed by atoms with E-state index in [1.807, 2.05) is 48.5 Å². The maximum absolute atomic E-state index is 9.97. The largest absolute Gasteiger partial charge is 0.507 e. The quantitative estimate of drug-likeness (QED) is 0.754. The molecule has 0 aliphatic carbocycles. The molecule has 2 heterocycles. The number of rotatable bonds is 2. The molecule has 3 heteroatoms. The molecule has 1 N–H and O–H groups in total. The van der Waals surface area contributed by atoms with E-state index in [1.165, 1.54) is 0 Å². The van der Waals surface area contributed by atoms with E-state index in [0.29, 0.717) is 5.56 Å². The third-order valence-electron chi connectivity index (χ3n) is 2.90. The highest BCUT2D eigenvalue weighted by Gasteiger charge is 2.08. The normalized spacial score (nSPS) is 10.3. The molecule has 0 spiro atoms. The molecular weight excluding hydrogens is 236 g/mol. The van der Waals surface area contributed by atoms with Gasteiger partial charge in [-0.3, -0.25) is 9.97 Å². The van der Waals surface area contributed by atoms with Crippen molar-refractivity contribution in [3.8, 4) is 28.3 Å². The van der Waals surface area contributed by atoms with Crippen LogP contribution in [0.15, 0.2) is 67.0 Å². The first kappa shape index (κ1) is 11.4. The van der Waals surface area contributed by atoms with Crippen LogP contribution in [-0.2, 0) is 0 Å². The topological polar surface area (TPSA) is 46.0 Å². The van der Waals surface area contributed by atoms with Gasteiger partial charge in [0.2, 0.25) is 0 Å². The SMILES string of the molecule is Oc1ccc(-c2ccccn2)cc1-c1ccccn1. The highest BCUT2D eigenvalue weighted by molar-refractivity contribution is 5.74. The van der Waals surface area contributed by atoms with Crippen molar-refractivity contribution in [1.29, 1.82) is 0 Å². The van der Waals surface area contributed by atoms with Crippen LogP contribution in [0.2, 0.25) is 0 Å². The summed E-state index contributed by atoms with van der Waals surface area (Å²) in [4.78, 5) is 8.58. The van der Waals surface area contributed by atoms with Crippen LogP contribution in [0.3, 0.4) is 0 Å². The van der Waals surface area contributed by atoms with Crippen molar-refractivity contribution >= 4 is 0 Å². The fraction of sp³-hybridized carbons (Fsp3) is 0. The van der Waals surface area contributed by atoms with Gasteiger partial charge in [0.05, 0.1) is 11.4 Å². The summed E-state index contributed by atoms with van der Waals surface area (Å²) in [6, 6.07) is 16.8. The second kappa shape index (κ2) is 4.90. The van der Waals surface area contributed by atoms with Crippen LogP contribution in [0.1, 0.15) is 0 Å². The molecule has 0 aliphatic heterocycles. The Morgan fingerprint density at radius 1 is 0.737 bits per heavy atom. The zero-order valence-electron chi connectivity index (χ0n) is 10.2. The monoisotopic (exact) mass is 248 g/mol. The Kier molecular flexibility index (Phi) is 2.94. The Labute approximate surface area is 111 Å². The Morgan fingerprint density at radius 2 is 1.42 bits per heavy atom. The van der Waals surface area contributed by atoms with E-state index >= 15 is 0 Å². The van der Waals surface area contributed by atoms with Gasteiger partial charge in [-0.25, -0.2) is 0 Å². The number of hydrogen-bond donors (Lipinski definition) is 1. The lowest BCUT2D eigenvalue weighted by Crippen LogP contribution is -1.86. The lowest BCUT2D eigenvalue weighted by molar-refractivity contribution is 0.477. The lowest BCUT2D eigenvalue weighted by Gasteiger charge is -2.07. The molecule has 0 radical (unpaired) electrons. The summed E-state index contributed by atoms with van der Waals surface area (Å²) in [5.74, 6) is 0.221. The molecule has 0 saturated heterocycles. The first-order valence-corrected chi connectivity index (χ1v) is 6.00. The van der Waals surface area contributed by atoms with Gasteiger partial charge < -0.3 is 5.11 Å². The number of aromatic hydroxyl groups is 1. The fourth-order valence-corrected chi connectivity index (χ4v) is 1.96. The van der Waals surface area contributed by atoms with Crippen molar-refractivity contribution in [3.05, 3.63) is 67.0 Å². The Bertz CT molecular complexity index is 682. The summed E-state index contributed by atoms with van der Waals surface area (Å²) in [7, 11) is 0. The zero-order valence-corrected chi connectivity index (χ0v) is 10.2. The number of phenols is 1. The predicted octanol–water partition coefficient (Wildman–Crippen LogP) is 3.52. The molecule has 0 atom stereocenters. The van der Waals surface area contributed by atoms with Gasteiger partial charge in [0.15, 0.2) is 0 Å². The van der Waals surface area contributed by atoms with Gasteiger partial charge in [0.25, 0.3) is 0 Å². The van der Waals surface area contributed by atoms with E-state index < -0.39 is 0 Å². The highest BCUT2D eigenvalue weighted by atomic mass is 16.3. The van der Waals surface area contributed by atoms with Crippen molar-refractivity contribution in [3.63, 3.8) is 0 Å². The van der Waals surface area contributed by atoms with Gasteiger partial charge in [-0.05, 0) is 42.5 Å². The van der Waals surface area contributed by atoms with Crippen molar-refractivity contribution < 1.29 is 5.11 Å². The van der Waals surface area contributed by atoms with Crippen molar-refractivity contribution in [1.82, 2.24) is 9.97 Å². The van der Waals surface area contributed by atoms with Crippen LogP contribution in [0.4, 0.5) is 0 Å². The molecule has 0 amide bonds. The predicted molar refractivity (Wildman–Crippen MR) is 74.6 cm³/mol. The van der Waals surface area contributed by atoms with E-state index in [0.717, 1.165) is 17.0 Å². The van der Waals surface area contributed by atoms with Gasteiger partial charge in [-0.1, -0.05) is 12.1 Å². The summed E-state index contributed by atoms with van der Waals surface area (Å²) >= 11 is 0. The first-order valence-electron chi connectivity index (χ1n) is 6.00. The standard InChI is InChI=1S/C16H12N2O/c19-16-8-7-12(14-5-1-3-9-17-14)11-13(16)15-6-2-4-10-18-15/h1-11,19H. The van der Waals surface area contributed by atoms with Crippen molar-refractivity contribution in [2.75, 3.05) is 0 Å². The minimum absolute atomic E-state index is 0.221. The molecule has 3 aromatic rings. The Balaban J connectivity index is 2.12. The molecule has 0 saturated carbocycles. The van der Waals surface area contributed by atoms with Gasteiger partial charge in [-0.2, -0.15) is 0 Å². The molecule has 2 aromatic heterocycles. The number of hydrogen-bond acceptors (Lipinski definition) is 3. The number of aromatic nitrogens is 2. The Hall–Kier alpha value is -2.68. The lowest BCUT2D eigenvalue weighted by atomic mass is 10.0. The van der Waals surface area contributed by atoms with Crippen LogP contribution < -0.4 is 0 Å². The third-order valence-corrected chi connectivity index (χ3v) is 2.90. The summed E-state index contributed by atoms with van der Waals surface area (Å²) in [6.07, 6.45) is 3.46. The summed E-state index contributed by atoms with van der Waals surface area (Å²) in [5, 5.41) is 9.97. The maximum Gasteiger partial charge on any atom is 0.125 e. The summed E-state index contributed by atoms with van der Waals surface area (Å²) in [5.41, 5.74) is 3.29. The molecule has 0 aliphatic rings. The Morgan fingerprint density at radius 3 is 2.05 bits per heavy atom. The zero-order chi connectivity index (χ0) is 13.1. The third kappa shape index (κ3) is 2.31. The van der Waals surface area contributed by atoms with E-state index in [1.54, 1.807) is 18.5 Å². The molecule has 0 unspecified atom stereocenters. The average Bonchev–Trinajstić information content (AvgIpc) is 2.49. The number of phenolic OH excluding ortho intramolecular Hbond substituents is 1. The molecule has 19 heavy (non-hydrogen) atoms. The summed E-state index contributed by atoms with van der Waals surface area (Å²) in [6.45, 7) is 0. The molecular formula is C16H12N2O. The van der Waals surface area contributed by atoms with E-state index in [-0.39, 0.29) is 5.75 Å². The van der Waals surface area contributed by atoms with Gasteiger partial charge in [0, 0.05) is 23.5 Å². The molecule has 92 valence electrons. The molecule has 3 rings (SSSR count). The van der Waals surface area contributed by atoms with E-state index in [4.69, 9.17) is 0 Å². The number of benzene rings is 1. The van der Waals surface area contributed by atoms with E-state index in [9.17, 15) is 5.11 Å². The van der Waals surface area contributed by atoms with Crippen LogP contribution >= 0.6 is 0 Å². The second-order valence-electron chi connectivity index (χ2n) is 4.16. The van der Waals surface area contributed by atoms with Gasteiger partial charge in [0.1, 0.15) is 5.75 Å². The number of nitrogens with zero attached hydrogens (tertiary/aromatic N) is 2. The van der Waals surface area contributed by atoms with E-state index in [2.05, 4.69) is 9.97 Å². The van der Waals surface area contributed by atoms with Crippen LogP contribution in [0.25, 0.3) is 22.5 Å². The van der Waals surface area contributed by atoms with Gasteiger partial charge >= 0.3 is 0 Å². The van der Waals surface area contributed by atoms with Crippen molar-refractivity contribution in [2.45, 2.75) is 0 Å². The van der Waals surface area contributed by atoms with Gasteiger partial charge in [-0.15, -0.1) is 0 Å². The fourth-order valence-electron chi connectivity index (χ4n) is 1.96. The average molecular weight is 248 g/mol. The highest BCUT2D eigenvalue weighted by Crippen LogP contribution is 2.31. The molecule has 0 bridgehead atoms. The van der Waals surface area contributed by atoms with Crippen molar-refractivity contribution in [2.24, 2.45) is 0 Å².